The van der Waals surface area contributed by atoms with E-state index in [4.69, 9.17) is 10.4 Å². The molecule has 0 amide bonds. The molecule has 0 aromatic heterocycles. The van der Waals surface area contributed by atoms with Gasteiger partial charge in [0.1, 0.15) is 0 Å². The van der Waals surface area contributed by atoms with Gasteiger partial charge >= 0.3 is 5.96 Å². The summed E-state index contributed by atoms with van der Waals surface area (Å²) in [6.07, 6.45) is 0. The Bertz CT molecular complexity index is 467. The Morgan fingerprint density at radius 3 is 1.72 bits per heavy atom. The van der Waals surface area contributed by atoms with Gasteiger partial charge in [0.05, 0.1) is 11.4 Å². The third-order valence-electron chi connectivity index (χ3n) is 1.69. The largest absolute Gasteiger partial charge is 0.331 e. The lowest BCUT2D eigenvalue weighted by atomic mass is 10.3. The van der Waals surface area contributed by atoms with Crippen molar-refractivity contribution in [3.8, 4) is 0 Å². The van der Waals surface area contributed by atoms with E-state index in [1.807, 2.05) is 0 Å². The maximum atomic E-state index is 10.1. The van der Waals surface area contributed by atoms with Crippen LogP contribution in [-0.2, 0) is 0 Å². The lowest BCUT2D eigenvalue weighted by molar-refractivity contribution is 0.181. The molecular formula is C8H8N6O4. The summed E-state index contributed by atoms with van der Waals surface area (Å²) in [5, 5.41) is 21.6. The lowest BCUT2D eigenvalue weighted by Gasteiger charge is -2.01. The molecule has 0 heterocycles. The normalized spacial score (nSPS) is 9.00. The average Bonchev–Trinajstić information content (AvgIpc) is 2.43. The van der Waals surface area contributed by atoms with Crippen LogP contribution in [0.3, 0.4) is 0 Å². The summed E-state index contributed by atoms with van der Waals surface area (Å²) in [7, 11) is 0. The second-order valence-corrected chi connectivity index (χ2v) is 2.79. The van der Waals surface area contributed by atoms with Crippen molar-refractivity contribution in [1.82, 2.24) is 11.0 Å². The van der Waals surface area contributed by atoms with Gasteiger partial charge in [-0.25, -0.2) is 20.9 Å². The van der Waals surface area contributed by atoms with Crippen LogP contribution in [0, 0.1) is 9.81 Å². The first-order chi connectivity index (χ1) is 8.73. The lowest BCUT2D eigenvalue weighted by Crippen LogP contribution is -2.32. The van der Waals surface area contributed by atoms with Crippen molar-refractivity contribution in [1.29, 1.82) is 0 Å². The summed E-state index contributed by atoms with van der Waals surface area (Å²) in [6.45, 7) is 0. The molecule has 4 N–H and O–H groups in total. The SMILES string of the molecule is O=NC(N=O)=Nc1ccc(N=C(NO)NO)cc1. The van der Waals surface area contributed by atoms with Crippen molar-refractivity contribution in [2.45, 2.75) is 0 Å². The fourth-order valence-corrected chi connectivity index (χ4v) is 0.979. The van der Waals surface area contributed by atoms with E-state index in [0.29, 0.717) is 5.69 Å². The number of hydrogen-bond acceptors (Lipinski definition) is 6. The molecule has 94 valence electrons. The number of benzene rings is 1. The van der Waals surface area contributed by atoms with Crippen LogP contribution in [0.1, 0.15) is 0 Å². The number of rotatable bonds is 2. The first-order valence-electron chi connectivity index (χ1n) is 4.48. The van der Waals surface area contributed by atoms with Gasteiger partial charge in [-0.15, -0.1) is 9.81 Å². The van der Waals surface area contributed by atoms with Crippen LogP contribution >= 0.6 is 0 Å². The molecule has 1 rings (SSSR count). The predicted octanol–water partition coefficient (Wildman–Crippen LogP) is 1.15. The number of hydroxylamine groups is 2. The van der Waals surface area contributed by atoms with Crippen molar-refractivity contribution >= 4 is 23.3 Å². The Hall–Kier alpha value is -2.72. The van der Waals surface area contributed by atoms with E-state index in [-0.39, 0.29) is 11.6 Å². The van der Waals surface area contributed by atoms with Crippen LogP contribution in [0.15, 0.2) is 44.6 Å². The minimum absolute atomic E-state index is 0.276. The zero-order valence-electron chi connectivity index (χ0n) is 8.81. The van der Waals surface area contributed by atoms with E-state index in [2.05, 4.69) is 20.3 Å². The maximum absolute atomic E-state index is 10.1. The average molecular weight is 252 g/mol. The Labute approximate surface area is 99.9 Å². The highest BCUT2D eigenvalue weighted by Gasteiger charge is 1.99. The number of nitroso groups, excluding NO2 is 2. The molecule has 0 radical (unpaired) electrons. The topological polar surface area (TPSA) is 148 Å². The fraction of sp³-hybridized carbons (Fsp3) is 0. The Balaban J connectivity index is 2.93. The van der Waals surface area contributed by atoms with Gasteiger partial charge in [-0.05, 0) is 24.3 Å². The molecule has 0 aliphatic rings. The van der Waals surface area contributed by atoms with Gasteiger partial charge in [-0.2, -0.15) is 0 Å². The molecule has 0 bridgehead atoms. The Morgan fingerprint density at radius 2 is 1.33 bits per heavy atom. The van der Waals surface area contributed by atoms with Gasteiger partial charge in [0.2, 0.25) is 5.96 Å². The minimum atomic E-state index is -0.721. The summed E-state index contributed by atoms with van der Waals surface area (Å²) in [5.74, 6) is -1.00. The van der Waals surface area contributed by atoms with E-state index < -0.39 is 5.96 Å². The summed E-state index contributed by atoms with van der Waals surface area (Å²) >= 11 is 0. The summed E-state index contributed by atoms with van der Waals surface area (Å²) in [5.41, 5.74) is 3.87. The molecule has 0 fully saturated rings. The highest BCUT2D eigenvalue weighted by atomic mass is 16.5. The molecule has 0 spiro atoms. The Kier molecular flexibility index (Phi) is 5.02. The van der Waals surface area contributed by atoms with Gasteiger partial charge in [-0.3, -0.25) is 10.4 Å². The second kappa shape index (κ2) is 6.78. The number of nitrogens with one attached hydrogen (secondary N) is 2. The van der Waals surface area contributed by atoms with Crippen LogP contribution in [0.4, 0.5) is 11.4 Å². The van der Waals surface area contributed by atoms with E-state index in [1.165, 1.54) is 24.3 Å². The van der Waals surface area contributed by atoms with E-state index >= 15 is 0 Å². The highest BCUT2D eigenvalue weighted by molar-refractivity contribution is 5.84. The first kappa shape index (κ1) is 13.3. The van der Waals surface area contributed by atoms with Crippen LogP contribution in [0.5, 0.6) is 0 Å². The van der Waals surface area contributed by atoms with Gasteiger partial charge in [0, 0.05) is 10.4 Å². The summed E-state index contributed by atoms with van der Waals surface area (Å²) in [4.78, 5) is 27.4. The van der Waals surface area contributed by atoms with E-state index in [0.717, 1.165) is 0 Å². The Morgan fingerprint density at radius 1 is 0.889 bits per heavy atom. The third-order valence-corrected chi connectivity index (χ3v) is 1.69. The van der Waals surface area contributed by atoms with Crippen molar-refractivity contribution in [2.24, 2.45) is 20.3 Å². The number of aliphatic imine (C=N–C) groups is 2. The van der Waals surface area contributed by atoms with E-state index in [1.54, 1.807) is 11.0 Å². The van der Waals surface area contributed by atoms with Gasteiger partial charge in [0.15, 0.2) is 0 Å². The zero-order valence-corrected chi connectivity index (χ0v) is 8.81. The monoisotopic (exact) mass is 252 g/mol. The van der Waals surface area contributed by atoms with Crippen LogP contribution in [0.2, 0.25) is 0 Å². The van der Waals surface area contributed by atoms with E-state index in [9.17, 15) is 9.81 Å². The van der Waals surface area contributed by atoms with Gasteiger partial charge in [-0.1, -0.05) is 0 Å². The van der Waals surface area contributed by atoms with Crippen molar-refractivity contribution in [3.05, 3.63) is 34.1 Å². The molecular weight excluding hydrogens is 244 g/mol. The molecule has 1 aromatic rings. The van der Waals surface area contributed by atoms with Crippen molar-refractivity contribution < 1.29 is 10.4 Å². The first-order valence-corrected chi connectivity index (χ1v) is 4.48. The molecule has 18 heavy (non-hydrogen) atoms. The van der Waals surface area contributed by atoms with Gasteiger partial charge in [0.25, 0.3) is 0 Å². The second-order valence-electron chi connectivity index (χ2n) is 2.79. The van der Waals surface area contributed by atoms with Crippen LogP contribution in [0.25, 0.3) is 0 Å². The number of guanidine groups is 2. The van der Waals surface area contributed by atoms with Gasteiger partial charge < -0.3 is 0 Å². The quantitative estimate of drug-likeness (QED) is 0.268. The molecule has 0 unspecified atom stereocenters. The van der Waals surface area contributed by atoms with Crippen molar-refractivity contribution in [2.75, 3.05) is 0 Å². The summed E-state index contributed by atoms with van der Waals surface area (Å²) < 4.78 is 0. The van der Waals surface area contributed by atoms with Crippen molar-refractivity contribution in [3.63, 3.8) is 0 Å². The minimum Gasteiger partial charge on any atom is -0.288 e. The van der Waals surface area contributed by atoms with Crippen LogP contribution < -0.4 is 11.0 Å². The standard InChI is InChI=1S/C8H8N6O4/c15-11-7(12-16)9-5-1-2-6(4-3-5)10-8(13-17)14-18/h1-4,15-16H,(H2,9,11,12). The zero-order chi connectivity index (χ0) is 13.4. The smallest absolute Gasteiger partial charge is 0.288 e. The maximum Gasteiger partial charge on any atom is 0.331 e. The fourth-order valence-electron chi connectivity index (χ4n) is 0.979. The molecule has 10 heteroatoms. The third kappa shape index (κ3) is 3.70. The molecule has 1 aromatic carbocycles. The molecule has 10 nitrogen and oxygen atoms in total. The number of nitrogens with zero attached hydrogens (tertiary/aromatic N) is 4. The molecule has 0 aliphatic heterocycles. The highest BCUT2D eigenvalue weighted by Crippen LogP contribution is 2.18. The predicted molar refractivity (Wildman–Crippen MR) is 62.1 cm³/mol. The number of hydrogen-bond donors (Lipinski definition) is 4. The molecule has 0 aliphatic carbocycles. The molecule has 0 saturated carbocycles. The van der Waals surface area contributed by atoms with Crippen LogP contribution in [-0.4, -0.2) is 22.3 Å². The molecule has 0 atom stereocenters. The summed E-state index contributed by atoms with van der Waals surface area (Å²) in [6, 6.07) is 5.78. The molecule has 0 saturated heterocycles.